The summed E-state index contributed by atoms with van der Waals surface area (Å²) in [7, 11) is -3.59. The van der Waals surface area contributed by atoms with Crippen LogP contribution in [0.1, 0.15) is 13.8 Å². The van der Waals surface area contributed by atoms with Gasteiger partial charge in [-0.1, -0.05) is 0 Å². The third-order valence-corrected chi connectivity index (χ3v) is 2.56. The molecule has 0 saturated carbocycles. The van der Waals surface area contributed by atoms with Crippen molar-refractivity contribution in [1.82, 2.24) is 0 Å². The molecule has 0 spiro atoms. The van der Waals surface area contributed by atoms with Crippen molar-refractivity contribution in [2.45, 2.75) is 20.0 Å². The third kappa shape index (κ3) is 1.42. The molecule has 1 aliphatic heterocycles. The quantitative estimate of drug-likeness (QED) is 0.628. The lowest BCUT2D eigenvalue weighted by Gasteiger charge is -2.08. The Kier molecular flexibility index (Phi) is 2.10. The molecule has 0 saturated heterocycles. The maximum absolute atomic E-state index is 11.2. The van der Waals surface area contributed by atoms with Crippen molar-refractivity contribution in [2.24, 2.45) is 10.7 Å². The second-order valence-electron chi connectivity index (χ2n) is 2.60. The number of hydrogen-bond acceptors (Lipinski definition) is 5. The van der Waals surface area contributed by atoms with Gasteiger partial charge in [0.05, 0.1) is 12.3 Å². The van der Waals surface area contributed by atoms with E-state index in [1.165, 1.54) is 0 Å². The second kappa shape index (κ2) is 2.78. The molecule has 0 amide bonds. The van der Waals surface area contributed by atoms with E-state index < -0.39 is 9.84 Å². The lowest BCUT2D eigenvalue weighted by molar-refractivity contribution is 0.235. The van der Waals surface area contributed by atoms with Crippen molar-refractivity contribution in [3.63, 3.8) is 0 Å². The number of aliphatic imine (C=N–C) groups is 1. The minimum Gasteiger partial charge on any atom is -0.466 e. The summed E-state index contributed by atoms with van der Waals surface area (Å²) in [5.74, 6) is 0. The number of nitrogens with two attached hydrogens (primary N) is 1. The van der Waals surface area contributed by atoms with Gasteiger partial charge in [-0.2, -0.15) is 0 Å². The Hall–Kier alpha value is -1.04. The first-order chi connectivity index (χ1) is 5.44. The van der Waals surface area contributed by atoms with E-state index in [4.69, 9.17) is 10.5 Å². The van der Waals surface area contributed by atoms with E-state index >= 15 is 0 Å². The van der Waals surface area contributed by atoms with Crippen LogP contribution < -0.4 is 5.73 Å². The van der Waals surface area contributed by atoms with Crippen LogP contribution >= 0.6 is 0 Å². The fraction of sp³-hybridized carbons (Fsp3) is 0.500. The summed E-state index contributed by atoms with van der Waals surface area (Å²) in [6.07, 6.45) is 0.852. The molecular weight excluding hydrogens is 180 g/mol. The summed E-state index contributed by atoms with van der Waals surface area (Å²) < 4.78 is 27.3. The molecule has 12 heavy (non-hydrogen) atoms. The van der Waals surface area contributed by atoms with E-state index in [0.717, 1.165) is 6.20 Å². The molecule has 68 valence electrons. The van der Waals surface area contributed by atoms with Gasteiger partial charge < -0.3 is 10.5 Å². The van der Waals surface area contributed by atoms with Gasteiger partial charge in [-0.25, -0.2) is 13.4 Å². The van der Waals surface area contributed by atoms with E-state index in [0.29, 0.717) is 0 Å². The highest BCUT2D eigenvalue weighted by molar-refractivity contribution is 8.09. The first kappa shape index (κ1) is 9.05. The monoisotopic (exact) mass is 190 g/mol. The minimum absolute atomic E-state index is 0.224. The number of nitrogens with zero attached hydrogens (tertiary/aromatic N) is 1. The van der Waals surface area contributed by atoms with Gasteiger partial charge in [-0.3, -0.25) is 0 Å². The Morgan fingerprint density at radius 3 is 2.50 bits per heavy atom. The molecule has 0 atom stereocenters. The summed E-state index contributed by atoms with van der Waals surface area (Å²) >= 11 is 0. The molecular formula is C6H10N2O3S. The summed E-state index contributed by atoms with van der Waals surface area (Å²) in [6.45, 7) is 3.43. The zero-order valence-electron chi connectivity index (χ0n) is 6.81. The van der Waals surface area contributed by atoms with Crippen LogP contribution in [0, 0.1) is 0 Å². The normalized spacial score (nSPS) is 20.6. The molecule has 2 N–H and O–H groups in total. The van der Waals surface area contributed by atoms with Crippen LogP contribution in [0.2, 0.25) is 0 Å². The second-order valence-corrected chi connectivity index (χ2v) is 4.42. The van der Waals surface area contributed by atoms with Crippen molar-refractivity contribution in [1.29, 1.82) is 0 Å². The highest BCUT2D eigenvalue weighted by atomic mass is 32.2. The zero-order valence-corrected chi connectivity index (χ0v) is 7.63. The van der Waals surface area contributed by atoms with Gasteiger partial charge in [-0.15, -0.1) is 0 Å². The summed E-state index contributed by atoms with van der Waals surface area (Å²) in [5.41, 5.74) is 5.16. The highest BCUT2D eigenvalue weighted by Gasteiger charge is 2.29. The molecule has 0 fully saturated rings. The van der Waals surface area contributed by atoms with Gasteiger partial charge in [0.1, 0.15) is 0 Å². The smallest absolute Gasteiger partial charge is 0.316 e. The average molecular weight is 190 g/mol. The summed E-state index contributed by atoms with van der Waals surface area (Å²) in [6, 6.07) is 0. The predicted molar refractivity (Wildman–Crippen MR) is 44.8 cm³/mol. The highest BCUT2D eigenvalue weighted by Crippen LogP contribution is 2.13. The van der Waals surface area contributed by atoms with E-state index in [2.05, 4.69) is 4.99 Å². The molecule has 0 aromatic carbocycles. The van der Waals surface area contributed by atoms with E-state index in [-0.39, 0.29) is 16.4 Å². The Bertz CT molecular complexity index is 340. The molecule has 0 aromatic rings. The van der Waals surface area contributed by atoms with Crippen LogP contribution in [-0.2, 0) is 14.6 Å². The van der Waals surface area contributed by atoms with Crippen LogP contribution in [0.15, 0.2) is 16.2 Å². The lowest BCUT2D eigenvalue weighted by Crippen LogP contribution is -2.22. The van der Waals surface area contributed by atoms with Crippen molar-refractivity contribution >= 4 is 15.1 Å². The largest absolute Gasteiger partial charge is 0.466 e. The maximum atomic E-state index is 11.2. The van der Waals surface area contributed by atoms with Crippen LogP contribution in [0.4, 0.5) is 0 Å². The number of ether oxygens (including phenoxy) is 1. The van der Waals surface area contributed by atoms with E-state index in [9.17, 15) is 8.42 Å². The molecule has 0 aromatic heterocycles. The Morgan fingerprint density at radius 2 is 2.17 bits per heavy atom. The van der Waals surface area contributed by atoms with Gasteiger partial charge in [0.25, 0.3) is 9.84 Å². The molecule has 0 radical (unpaired) electrons. The SMILES string of the molecule is CC(C)OC1=NC=C(N)S1(=O)=O. The third-order valence-electron chi connectivity index (χ3n) is 1.17. The Labute approximate surface area is 70.8 Å². The van der Waals surface area contributed by atoms with Gasteiger partial charge in [0.15, 0.2) is 5.03 Å². The van der Waals surface area contributed by atoms with Crippen molar-refractivity contribution in [2.75, 3.05) is 0 Å². The Balaban J connectivity index is 2.88. The van der Waals surface area contributed by atoms with Gasteiger partial charge in [0.2, 0.25) is 0 Å². The van der Waals surface area contributed by atoms with Gasteiger partial charge in [-0.05, 0) is 13.8 Å². The molecule has 1 rings (SSSR count). The van der Waals surface area contributed by atoms with Gasteiger partial charge in [0, 0.05) is 0 Å². The number of hydrogen-bond donors (Lipinski definition) is 1. The lowest BCUT2D eigenvalue weighted by atomic mass is 10.5. The molecule has 5 nitrogen and oxygen atoms in total. The molecule has 1 aliphatic rings. The molecule has 1 heterocycles. The van der Waals surface area contributed by atoms with Crippen molar-refractivity contribution in [3.05, 3.63) is 11.2 Å². The Morgan fingerprint density at radius 1 is 1.58 bits per heavy atom. The standard InChI is InChI=1S/C6H10N2O3S/c1-4(2)11-6-8-3-5(7)12(6,9)10/h3-4H,7H2,1-2H3. The number of rotatable bonds is 1. The first-order valence-corrected chi connectivity index (χ1v) is 4.88. The topological polar surface area (TPSA) is 81.8 Å². The summed E-state index contributed by atoms with van der Waals surface area (Å²) in [4.78, 5) is 3.53. The van der Waals surface area contributed by atoms with Crippen LogP contribution in [0.25, 0.3) is 0 Å². The zero-order chi connectivity index (χ0) is 9.35. The average Bonchev–Trinajstić information content (AvgIpc) is 2.15. The fourth-order valence-electron chi connectivity index (χ4n) is 0.651. The van der Waals surface area contributed by atoms with E-state index in [1.807, 2.05) is 0 Å². The van der Waals surface area contributed by atoms with Crippen molar-refractivity contribution in [3.8, 4) is 0 Å². The van der Waals surface area contributed by atoms with Crippen LogP contribution in [-0.4, -0.2) is 19.8 Å². The van der Waals surface area contributed by atoms with Gasteiger partial charge >= 0.3 is 5.23 Å². The molecule has 6 heteroatoms. The van der Waals surface area contributed by atoms with Crippen LogP contribution in [0.3, 0.4) is 0 Å². The summed E-state index contributed by atoms with van der Waals surface area (Å²) in [5, 5.41) is -0.576. The molecule has 0 aliphatic carbocycles. The maximum Gasteiger partial charge on any atom is 0.316 e. The van der Waals surface area contributed by atoms with Crippen LogP contribution in [0.5, 0.6) is 0 Å². The molecule has 0 unspecified atom stereocenters. The fourth-order valence-corrected chi connectivity index (χ4v) is 1.56. The first-order valence-electron chi connectivity index (χ1n) is 3.40. The minimum atomic E-state index is -3.59. The molecule has 0 bridgehead atoms. The van der Waals surface area contributed by atoms with E-state index in [1.54, 1.807) is 13.8 Å². The number of sulfone groups is 1. The van der Waals surface area contributed by atoms with Crippen molar-refractivity contribution < 1.29 is 13.2 Å². The predicted octanol–water partition coefficient (Wildman–Crippen LogP) is -0.0466.